The number of aryl methyl sites for hydroxylation is 2. The molecule has 2 aliphatic rings. The van der Waals surface area contributed by atoms with Crippen molar-refractivity contribution in [2.24, 2.45) is 5.92 Å². The van der Waals surface area contributed by atoms with E-state index < -0.39 is 10.0 Å². The molecule has 32 heavy (non-hydrogen) atoms. The first-order valence-corrected chi connectivity index (χ1v) is 12.5. The lowest BCUT2D eigenvalue weighted by Crippen LogP contribution is -2.41. The Bertz CT molecular complexity index is 1120. The number of carbonyl (C=O) groups excluding carboxylic acids is 2. The molecule has 0 aromatic heterocycles. The van der Waals surface area contributed by atoms with E-state index in [2.05, 4.69) is 5.32 Å². The van der Waals surface area contributed by atoms with E-state index in [1.807, 2.05) is 32.0 Å². The maximum Gasteiger partial charge on any atom is 0.243 e. The van der Waals surface area contributed by atoms with Crippen LogP contribution < -0.4 is 10.2 Å². The molecule has 0 bridgehead atoms. The molecule has 2 amide bonds. The number of sulfonamides is 1. The van der Waals surface area contributed by atoms with Gasteiger partial charge >= 0.3 is 0 Å². The first-order valence-electron chi connectivity index (χ1n) is 11.0. The average molecular weight is 456 g/mol. The number of benzene rings is 2. The van der Waals surface area contributed by atoms with Crippen LogP contribution in [-0.4, -0.2) is 44.2 Å². The van der Waals surface area contributed by atoms with Gasteiger partial charge < -0.3 is 10.2 Å². The van der Waals surface area contributed by atoms with Crippen LogP contribution in [0.3, 0.4) is 0 Å². The minimum atomic E-state index is -3.54. The molecule has 0 atom stereocenters. The highest BCUT2D eigenvalue weighted by molar-refractivity contribution is 7.89. The van der Waals surface area contributed by atoms with Gasteiger partial charge in [-0.25, -0.2) is 8.42 Å². The Balaban J connectivity index is 1.36. The van der Waals surface area contributed by atoms with Gasteiger partial charge in [0.05, 0.1) is 4.90 Å². The summed E-state index contributed by atoms with van der Waals surface area (Å²) in [6.45, 7) is 5.23. The minimum absolute atomic E-state index is 0.0956. The van der Waals surface area contributed by atoms with Gasteiger partial charge in [-0.05, 0) is 69.0 Å². The van der Waals surface area contributed by atoms with Crippen molar-refractivity contribution in [1.82, 2.24) is 4.31 Å². The second-order valence-corrected chi connectivity index (χ2v) is 10.6. The van der Waals surface area contributed by atoms with Crippen LogP contribution in [0.4, 0.5) is 11.4 Å². The van der Waals surface area contributed by atoms with Gasteiger partial charge in [0.25, 0.3) is 0 Å². The minimum Gasteiger partial charge on any atom is -0.326 e. The molecular weight excluding hydrogens is 426 g/mol. The lowest BCUT2D eigenvalue weighted by Gasteiger charge is -2.30. The Morgan fingerprint density at radius 2 is 1.69 bits per heavy atom. The summed E-state index contributed by atoms with van der Waals surface area (Å²) in [5.41, 5.74) is 3.53. The Morgan fingerprint density at radius 3 is 2.28 bits per heavy atom. The summed E-state index contributed by atoms with van der Waals surface area (Å²) in [6, 6.07) is 12.4. The van der Waals surface area contributed by atoms with Crippen LogP contribution in [0.15, 0.2) is 47.4 Å². The Kier molecular flexibility index (Phi) is 6.35. The molecule has 8 heteroatoms. The molecule has 0 aliphatic carbocycles. The van der Waals surface area contributed by atoms with Crippen LogP contribution in [0.25, 0.3) is 0 Å². The van der Waals surface area contributed by atoms with Crippen LogP contribution in [0.5, 0.6) is 0 Å². The lowest BCUT2D eigenvalue weighted by atomic mass is 9.97. The number of hydrogen-bond donors (Lipinski definition) is 1. The molecule has 2 fully saturated rings. The Morgan fingerprint density at radius 1 is 1.00 bits per heavy atom. The van der Waals surface area contributed by atoms with Crippen molar-refractivity contribution in [3.63, 3.8) is 0 Å². The summed E-state index contributed by atoms with van der Waals surface area (Å²) < 4.78 is 27.2. The van der Waals surface area contributed by atoms with Crippen molar-refractivity contribution in [1.29, 1.82) is 0 Å². The first-order chi connectivity index (χ1) is 15.3. The number of nitrogens with zero attached hydrogens (tertiary/aromatic N) is 2. The van der Waals surface area contributed by atoms with E-state index in [0.29, 0.717) is 38.0 Å². The van der Waals surface area contributed by atoms with Gasteiger partial charge in [-0.15, -0.1) is 0 Å². The topological polar surface area (TPSA) is 86.8 Å². The molecule has 2 heterocycles. The van der Waals surface area contributed by atoms with Gasteiger partial charge in [0.2, 0.25) is 21.8 Å². The number of rotatable bonds is 5. The summed E-state index contributed by atoms with van der Waals surface area (Å²) >= 11 is 0. The molecule has 2 aromatic carbocycles. The first kappa shape index (κ1) is 22.5. The molecule has 2 aliphatic heterocycles. The zero-order valence-electron chi connectivity index (χ0n) is 18.5. The third-order valence-electron chi connectivity index (χ3n) is 6.31. The van der Waals surface area contributed by atoms with Crippen molar-refractivity contribution >= 4 is 33.2 Å². The maximum atomic E-state index is 12.9. The summed E-state index contributed by atoms with van der Waals surface area (Å²) in [5.74, 6) is -0.196. The van der Waals surface area contributed by atoms with Crippen LogP contribution in [-0.2, 0) is 19.6 Å². The fourth-order valence-corrected chi connectivity index (χ4v) is 5.87. The van der Waals surface area contributed by atoms with E-state index in [-0.39, 0.29) is 22.6 Å². The number of nitrogens with one attached hydrogen (secondary N) is 1. The highest BCUT2D eigenvalue weighted by atomic mass is 32.2. The Hall–Kier alpha value is -2.71. The maximum absolute atomic E-state index is 12.9. The fourth-order valence-electron chi connectivity index (χ4n) is 4.40. The predicted octanol–water partition coefficient (Wildman–Crippen LogP) is 3.47. The summed E-state index contributed by atoms with van der Waals surface area (Å²) in [5, 5.41) is 2.96. The van der Waals surface area contributed by atoms with E-state index in [1.165, 1.54) is 4.31 Å². The average Bonchev–Trinajstić information content (AvgIpc) is 3.20. The van der Waals surface area contributed by atoms with E-state index in [4.69, 9.17) is 0 Å². The van der Waals surface area contributed by atoms with Gasteiger partial charge in [-0.2, -0.15) is 4.31 Å². The molecule has 0 spiro atoms. The van der Waals surface area contributed by atoms with Crippen LogP contribution in [0.2, 0.25) is 0 Å². The number of carbonyl (C=O) groups is 2. The molecule has 0 unspecified atom stereocenters. The number of hydrogen-bond acceptors (Lipinski definition) is 4. The van der Waals surface area contributed by atoms with Crippen molar-refractivity contribution in [2.45, 2.75) is 44.4 Å². The van der Waals surface area contributed by atoms with Gasteiger partial charge in [-0.1, -0.05) is 17.7 Å². The summed E-state index contributed by atoms with van der Waals surface area (Å²) in [7, 11) is -3.54. The highest BCUT2D eigenvalue weighted by Gasteiger charge is 2.32. The molecule has 1 N–H and O–H groups in total. The molecular formula is C24H29N3O4S. The second kappa shape index (κ2) is 9.03. The zero-order valence-corrected chi connectivity index (χ0v) is 19.3. The molecule has 2 saturated heterocycles. The normalized spacial score (nSPS) is 18.2. The van der Waals surface area contributed by atoms with E-state index in [9.17, 15) is 18.0 Å². The molecule has 7 nitrogen and oxygen atoms in total. The van der Waals surface area contributed by atoms with Crippen LogP contribution in [0.1, 0.15) is 36.8 Å². The summed E-state index contributed by atoms with van der Waals surface area (Å²) in [4.78, 5) is 26.9. The molecule has 0 saturated carbocycles. The van der Waals surface area contributed by atoms with E-state index in [1.54, 1.807) is 29.2 Å². The summed E-state index contributed by atoms with van der Waals surface area (Å²) in [6.07, 6.45) is 2.41. The predicted molar refractivity (Wildman–Crippen MR) is 124 cm³/mol. The van der Waals surface area contributed by atoms with Gasteiger partial charge in [-0.3, -0.25) is 9.59 Å². The largest absolute Gasteiger partial charge is 0.326 e. The highest BCUT2D eigenvalue weighted by Crippen LogP contribution is 2.29. The van der Waals surface area contributed by atoms with Crippen molar-refractivity contribution in [3.8, 4) is 0 Å². The van der Waals surface area contributed by atoms with Crippen molar-refractivity contribution < 1.29 is 18.0 Å². The standard InChI is InChI=1S/C24H29N3O4S/c1-17-5-8-21(9-6-17)32(30,31)26-14-11-19(12-15-26)24(29)25-20-7-10-22(18(2)16-20)27-13-3-4-23(27)28/h5-10,16,19H,3-4,11-15H2,1-2H3,(H,25,29). The number of amides is 2. The quantitative estimate of drug-likeness (QED) is 0.748. The molecule has 170 valence electrons. The number of anilines is 2. The fraction of sp³-hybridized carbons (Fsp3) is 0.417. The molecule has 2 aromatic rings. The molecule has 4 rings (SSSR count). The second-order valence-electron chi connectivity index (χ2n) is 8.63. The van der Waals surface area contributed by atoms with E-state index >= 15 is 0 Å². The van der Waals surface area contributed by atoms with Gasteiger partial charge in [0, 0.05) is 43.3 Å². The smallest absolute Gasteiger partial charge is 0.243 e. The Labute approximate surface area is 189 Å². The van der Waals surface area contributed by atoms with Crippen molar-refractivity contribution in [2.75, 3.05) is 29.9 Å². The monoisotopic (exact) mass is 455 g/mol. The third kappa shape index (κ3) is 4.56. The van der Waals surface area contributed by atoms with Crippen molar-refractivity contribution in [3.05, 3.63) is 53.6 Å². The van der Waals surface area contributed by atoms with E-state index in [0.717, 1.165) is 29.8 Å². The SMILES string of the molecule is Cc1ccc(S(=O)(=O)N2CCC(C(=O)Nc3ccc(N4CCCC4=O)c(C)c3)CC2)cc1. The zero-order chi connectivity index (χ0) is 22.9. The molecule has 0 radical (unpaired) electrons. The third-order valence-corrected chi connectivity index (χ3v) is 8.22. The number of piperidine rings is 1. The van der Waals surface area contributed by atoms with Crippen LogP contribution in [0, 0.1) is 19.8 Å². The van der Waals surface area contributed by atoms with Crippen LogP contribution >= 0.6 is 0 Å². The lowest BCUT2D eigenvalue weighted by molar-refractivity contribution is -0.121. The van der Waals surface area contributed by atoms with Gasteiger partial charge in [0.15, 0.2) is 0 Å². The van der Waals surface area contributed by atoms with Gasteiger partial charge in [0.1, 0.15) is 0 Å².